The highest BCUT2D eigenvalue weighted by Gasteiger charge is 2.22. The van der Waals surface area contributed by atoms with Gasteiger partial charge in [0.1, 0.15) is 5.82 Å². The fourth-order valence-electron chi connectivity index (χ4n) is 3.66. The van der Waals surface area contributed by atoms with Crippen molar-refractivity contribution < 1.29 is 8.42 Å². The van der Waals surface area contributed by atoms with Gasteiger partial charge in [0.05, 0.1) is 27.0 Å². The zero-order chi connectivity index (χ0) is 22.2. The van der Waals surface area contributed by atoms with Gasteiger partial charge in [-0.25, -0.2) is 13.4 Å². The van der Waals surface area contributed by atoms with Crippen molar-refractivity contribution in [2.45, 2.75) is 24.8 Å². The molecule has 8 heteroatoms. The van der Waals surface area contributed by atoms with E-state index in [-0.39, 0.29) is 4.90 Å². The third kappa shape index (κ3) is 3.98. The van der Waals surface area contributed by atoms with E-state index in [4.69, 9.17) is 10.4 Å². The summed E-state index contributed by atoms with van der Waals surface area (Å²) in [7, 11) is -0.190. The van der Waals surface area contributed by atoms with E-state index in [9.17, 15) is 8.42 Å². The number of anilines is 1. The standard InChI is InChI=1S/C23H25N5O2S/c1-17-15-18(24)11-13-28(17)14-12-23-25-21-16-20(9-10-22(21)26(23)2)31(29,30)27(3)19-7-5-4-6-8-19/h4-11,13,15-16,24H,12,14H2,1-3H3. The van der Waals surface area contributed by atoms with Crippen LogP contribution in [0, 0.1) is 12.3 Å². The van der Waals surface area contributed by atoms with E-state index in [1.165, 1.54) is 4.31 Å². The molecule has 31 heavy (non-hydrogen) atoms. The van der Waals surface area contributed by atoms with Crippen LogP contribution in [0.5, 0.6) is 0 Å². The van der Waals surface area contributed by atoms with Crippen LogP contribution in [0.25, 0.3) is 11.0 Å². The van der Waals surface area contributed by atoms with Crippen LogP contribution in [-0.4, -0.2) is 29.6 Å². The van der Waals surface area contributed by atoms with Crippen LogP contribution in [0.4, 0.5) is 5.69 Å². The summed E-state index contributed by atoms with van der Waals surface area (Å²) < 4.78 is 31.6. The van der Waals surface area contributed by atoms with Gasteiger partial charge in [0.2, 0.25) is 0 Å². The van der Waals surface area contributed by atoms with Gasteiger partial charge in [-0.15, -0.1) is 0 Å². The van der Waals surface area contributed by atoms with Gasteiger partial charge in [0.25, 0.3) is 10.0 Å². The summed E-state index contributed by atoms with van der Waals surface area (Å²) >= 11 is 0. The third-order valence-corrected chi connectivity index (χ3v) is 7.33. The molecule has 2 aromatic heterocycles. The monoisotopic (exact) mass is 435 g/mol. The summed E-state index contributed by atoms with van der Waals surface area (Å²) in [4.78, 5) is 4.93. The van der Waals surface area contributed by atoms with E-state index >= 15 is 0 Å². The number of nitrogens with zero attached hydrogens (tertiary/aromatic N) is 4. The van der Waals surface area contributed by atoms with Crippen molar-refractivity contribution in [2.75, 3.05) is 11.4 Å². The number of para-hydroxylation sites is 1. The van der Waals surface area contributed by atoms with Crippen molar-refractivity contribution in [3.05, 3.63) is 83.7 Å². The maximum absolute atomic E-state index is 13.1. The molecule has 4 rings (SSSR count). The van der Waals surface area contributed by atoms with Gasteiger partial charge in [-0.05, 0) is 49.4 Å². The molecule has 0 fully saturated rings. The maximum Gasteiger partial charge on any atom is 0.264 e. The number of benzene rings is 2. The van der Waals surface area contributed by atoms with Crippen LogP contribution >= 0.6 is 0 Å². The molecule has 0 amide bonds. The maximum atomic E-state index is 13.1. The lowest BCUT2D eigenvalue weighted by molar-refractivity contribution is 0.594. The molecule has 0 aliphatic carbocycles. The molecule has 0 aliphatic heterocycles. The Morgan fingerprint density at radius 2 is 1.81 bits per heavy atom. The summed E-state index contributed by atoms with van der Waals surface area (Å²) in [6.45, 7) is 2.71. The number of aromatic nitrogens is 3. The number of fused-ring (bicyclic) bond motifs is 1. The van der Waals surface area contributed by atoms with Crippen molar-refractivity contribution in [3.8, 4) is 0 Å². The van der Waals surface area contributed by atoms with Crippen LogP contribution in [0.1, 0.15) is 11.5 Å². The lowest BCUT2D eigenvalue weighted by Crippen LogP contribution is -2.26. The molecule has 0 radical (unpaired) electrons. The van der Waals surface area contributed by atoms with Crippen molar-refractivity contribution >= 4 is 26.7 Å². The normalized spacial score (nSPS) is 11.7. The second-order valence-electron chi connectivity index (χ2n) is 7.55. The molecule has 0 saturated carbocycles. The second kappa shape index (κ2) is 8.03. The summed E-state index contributed by atoms with van der Waals surface area (Å²) in [6.07, 6.45) is 2.60. The van der Waals surface area contributed by atoms with E-state index in [2.05, 4.69) is 4.57 Å². The second-order valence-corrected chi connectivity index (χ2v) is 9.52. The Morgan fingerprint density at radius 1 is 1.06 bits per heavy atom. The van der Waals surface area contributed by atoms with Crippen molar-refractivity contribution in [1.82, 2.24) is 14.1 Å². The molecule has 2 heterocycles. The first kappa shape index (κ1) is 20.9. The largest absolute Gasteiger partial charge is 0.351 e. The average Bonchev–Trinajstić information content (AvgIpc) is 3.08. The molecule has 0 aliphatic rings. The van der Waals surface area contributed by atoms with Crippen LogP contribution in [0.2, 0.25) is 0 Å². The fraction of sp³-hybridized carbons (Fsp3) is 0.217. The molecule has 2 aromatic carbocycles. The number of pyridine rings is 1. The zero-order valence-corrected chi connectivity index (χ0v) is 18.6. The Morgan fingerprint density at radius 3 is 2.52 bits per heavy atom. The van der Waals surface area contributed by atoms with Crippen molar-refractivity contribution in [2.24, 2.45) is 7.05 Å². The number of sulfonamides is 1. The summed E-state index contributed by atoms with van der Waals surface area (Å²) in [6, 6.07) is 17.7. The predicted octanol–water partition coefficient (Wildman–Crippen LogP) is 3.23. The van der Waals surface area contributed by atoms with Crippen LogP contribution in [0.3, 0.4) is 0 Å². The SMILES string of the molecule is Cc1cc(=N)ccn1CCc1nc2cc(S(=O)(=O)N(C)c3ccccc3)ccc2n1C. The molecule has 0 spiro atoms. The molecule has 4 aromatic rings. The molecule has 0 atom stereocenters. The van der Waals surface area contributed by atoms with Crippen LogP contribution < -0.4 is 9.66 Å². The molecule has 1 N–H and O–H groups in total. The Labute approximate surface area is 181 Å². The smallest absolute Gasteiger partial charge is 0.264 e. The van der Waals surface area contributed by atoms with E-state index in [1.807, 2.05) is 55.1 Å². The van der Waals surface area contributed by atoms with Gasteiger partial charge in [-0.3, -0.25) is 4.31 Å². The lowest BCUT2D eigenvalue weighted by atomic mass is 10.3. The van der Waals surface area contributed by atoms with Crippen molar-refractivity contribution in [3.63, 3.8) is 0 Å². The van der Waals surface area contributed by atoms with Gasteiger partial charge in [-0.1, -0.05) is 18.2 Å². The highest BCUT2D eigenvalue weighted by Crippen LogP contribution is 2.25. The summed E-state index contributed by atoms with van der Waals surface area (Å²) in [5.41, 5.74) is 3.17. The quantitative estimate of drug-likeness (QED) is 0.505. The molecule has 0 saturated heterocycles. The Bertz CT molecular complexity index is 1410. The van der Waals surface area contributed by atoms with E-state index in [0.717, 1.165) is 23.6 Å². The minimum atomic E-state index is -3.69. The number of rotatable bonds is 6. The minimum absolute atomic E-state index is 0.215. The first-order valence-electron chi connectivity index (χ1n) is 9.98. The molecular weight excluding hydrogens is 410 g/mol. The summed E-state index contributed by atoms with van der Waals surface area (Å²) in [5.74, 6) is 0.878. The number of hydrogen-bond donors (Lipinski definition) is 1. The topological polar surface area (TPSA) is 84.0 Å². The molecule has 0 bridgehead atoms. The molecule has 0 unspecified atom stereocenters. The van der Waals surface area contributed by atoms with Gasteiger partial charge < -0.3 is 14.5 Å². The predicted molar refractivity (Wildman–Crippen MR) is 121 cm³/mol. The Hall–Kier alpha value is -3.39. The average molecular weight is 436 g/mol. The minimum Gasteiger partial charge on any atom is -0.351 e. The molecule has 160 valence electrons. The highest BCUT2D eigenvalue weighted by atomic mass is 32.2. The first-order valence-corrected chi connectivity index (χ1v) is 11.4. The lowest BCUT2D eigenvalue weighted by Gasteiger charge is -2.19. The van der Waals surface area contributed by atoms with Gasteiger partial charge >= 0.3 is 0 Å². The van der Waals surface area contributed by atoms with Crippen LogP contribution in [0.15, 0.2) is 71.8 Å². The molecular formula is C23H25N5O2S. The van der Waals surface area contributed by atoms with E-state index in [1.54, 1.807) is 37.4 Å². The van der Waals surface area contributed by atoms with E-state index < -0.39 is 10.0 Å². The van der Waals surface area contributed by atoms with Gasteiger partial charge in [0, 0.05) is 39.0 Å². The Kier molecular flexibility index (Phi) is 5.41. The third-order valence-electron chi connectivity index (χ3n) is 5.55. The number of imidazole rings is 1. The van der Waals surface area contributed by atoms with Gasteiger partial charge in [-0.2, -0.15) is 0 Å². The number of nitrogens with one attached hydrogen (secondary N) is 1. The van der Waals surface area contributed by atoms with Crippen molar-refractivity contribution in [1.29, 1.82) is 5.41 Å². The fourth-order valence-corrected chi connectivity index (χ4v) is 4.88. The number of hydrogen-bond acceptors (Lipinski definition) is 4. The zero-order valence-electron chi connectivity index (χ0n) is 17.8. The van der Waals surface area contributed by atoms with E-state index in [0.29, 0.717) is 23.0 Å². The highest BCUT2D eigenvalue weighted by molar-refractivity contribution is 7.92. The Balaban J connectivity index is 1.63. The first-order chi connectivity index (χ1) is 14.8. The van der Waals surface area contributed by atoms with Crippen LogP contribution in [-0.2, 0) is 30.0 Å². The summed E-state index contributed by atoms with van der Waals surface area (Å²) in [5, 5.41) is 8.20. The number of aryl methyl sites for hydroxylation is 4. The molecule has 7 nitrogen and oxygen atoms in total. The van der Waals surface area contributed by atoms with Gasteiger partial charge in [0.15, 0.2) is 0 Å².